The van der Waals surface area contributed by atoms with Crippen molar-refractivity contribution in [2.24, 2.45) is 11.8 Å². The van der Waals surface area contributed by atoms with E-state index in [2.05, 4.69) is 4.74 Å². The Morgan fingerprint density at radius 2 is 1.89 bits per heavy atom. The van der Waals surface area contributed by atoms with Gasteiger partial charge in [-0.1, -0.05) is 0 Å². The minimum Gasteiger partial charge on any atom is -0.469 e. The van der Waals surface area contributed by atoms with Crippen LogP contribution in [0.3, 0.4) is 0 Å². The molecular formula is C12H19NO5. The van der Waals surface area contributed by atoms with Gasteiger partial charge in [0.2, 0.25) is 0 Å². The predicted molar refractivity (Wildman–Crippen MR) is 62.9 cm³/mol. The maximum absolute atomic E-state index is 11.8. The van der Waals surface area contributed by atoms with Crippen LogP contribution in [0.5, 0.6) is 0 Å². The summed E-state index contributed by atoms with van der Waals surface area (Å²) in [5, 5.41) is 0. The first-order valence-electron chi connectivity index (χ1n) is 5.79. The number of carbonyl (C=O) groups is 3. The molecule has 0 bridgehead atoms. The number of aldehydes is 1. The van der Waals surface area contributed by atoms with Gasteiger partial charge in [-0.2, -0.15) is 0 Å². The summed E-state index contributed by atoms with van der Waals surface area (Å²) in [6.45, 7) is 5.63. The molecule has 1 saturated heterocycles. The van der Waals surface area contributed by atoms with E-state index in [-0.39, 0.29) is 13.1 Å². The van der Waals surface area contributed by atoms with Gasteiger partial charge in [0.1, 0.15) is 11.9 Å². The number of rotatable bonds is 2. The second-order valence-corrected chi connectivity index (χ2v) is 5.31. The first kappa shape index (κ1) is 14.5. The zero-order valence-corrected chi connectivity index (χ0v) is 11.1. The number of nitrogens with zero attached hydrogens (tertiary/aromatic N) is 1. The van der Waals surface area contributed by atoms with Crippen molar-refractivity contribution in [1.82, 2.24) is 4.90 Å². The third kappa shape index (κ3) is 3.45. The Hall–Kier alpha value is -1.59. The number of likely N-dealkylation sites (tertiary alicyclic amines) is 1. The SMILES string of the molecule is COC(=O)C1CN(C(=O)OC(C)(C)C)CC1C=O. The number of esters is 1. The molecule has 0 spiro atoms. The molecule has 0 aliphatic carbocycles. The average Bonchev–Trinajstić information content (AvgIpc) is 2.69. The van der Waals surface area contributed by atoms with E-state index in [4.69, 9.17) is 4.74 Å². The highest BCUT2D eigenvalue weighted by Crippen LogP contribution is 2.24. The van der Waals surface area contributed by atoms with Crippen LogP contribution in [0.25, 0.3) is 0 Å². The summed E-state index contributed by atoms with van der Waals surface area (Å²) >= 11 is 0. The molecule has 1 heterocycles. The Morgan fingerprint density at radius 3 is 2.33 bits per heavy atom. The van der Waals surface area contributed by atoms with Gasteiger partial charge in [-0.15, -0.1) is 0 Å². The summed E-state index contributed by atoms with van der Waals surface area (Å²) in [4.78, 5) is 35.6. The molecule has 6 heteroatoms. The van der Waals surface area contributed by atoms with Crippen molar-refractivity contribution < 1.29 is 23.9 Å². The lowest BCUT2D eigenvalue weighted by Gasteiger charge is -2.24. The minimum absolute atomic E-state index is 0.158. The number of amides is 1. The molecule has 6 nitrogen and oxygen atoms in total. The molecule has 1 amide bonds. The number of methoxy groups -OCH3 is 1. The summed E-state index contributed by atoms with van der Waals surface area (Å²) < 4.78 is 9.81. The van der Waals surface area contributed by atoms with E-state index in [0.717, 1.165) is 0 Å². The molecule has 2 atom stereocenters. The van der Waals surface area contributed by atoms with Crippen LogP contribution in [0.2, 0.25) is 0 Å². The van der Waals surface area contributed by atoms with Crippen molar-refractivity contribution in [2.45, 2.75) is 26.4 Å². The summed E-state index contributed by atoms with van der Waals surface area (Å²) in [5.74, 6) is -1.59. The van der Waals surface area contributed by atoms with Crippen LogP contribution in [-0.4, -0.2) is 49.0 Å². The Labute approximate surface area is 106 Å². The Morgan fingerprint density at radius 1 is 1.28 bits per heavy atom. The van der Waals surface area contributed by atoms with Crippen LogP contribution in [0, 0.1) is 11.8 Å². The molecule has 0 saturated carbocycles. The number of carbonyl (C=O) groups excluding carboxylic acids is 3. The van der Waals surface area contributed by atoms with Gasteiger partial charge in [-0.25, -0.2) is 4.79 Å². The zero-order chi connectivity index (χ0) is 13.9. The molecule has 2 unspecified atom stereocenters. The standard InChI is InChI=1S/C12H19NO5/c1-12(2,3)18-11(16)13-5-8(7-14)9(6-13)10(15)17-4/h7-9H,5-6H2,1-4H3. The normalized spacial score (nSPS) is 23.7. The van der Waals surface area contributed by atoms with E-state index in [1.807, 2.05) is 0 Å². The van der Waals surface area contributed by atoms with Gasteiger partial charge in [-0.3, -0.25) is 4.79 Å². The zero-order valence-electron chi connectivity index (χ0n) is 11.1. The van der Waals surface area contributed by atoms with Gasteiger partial charge in [0.05, 0.1) is 13.0 Å². The molecule has 18 heavy (non-hydrogen) atoms. The lowest BCUT2D eigenvalue weighted by Crippen LogP contribution is -2.36. The fraction of sp³-hybridized carbons (Fsp3) is 0.750. The van der Waals surface area contributed by atoms with Gasteiger partial charge in [0, 0.05) is 19.0 Å². The highest BCUT2D eigenvalue weighted by atomic mass is 16.6. The van der Waals surface area contributed by atoms with Crippen LogP contribution in [0.15, 0.2) is 0 Å². The van der Waals surface area contributed by atoms with Crippen molar-refractivity contribution in [3.63, 3.8) is 0 Å². The van der Waals surface area contributed by atoms with Gasteiger partial charge < -0.3 is 19.2 Å². The van der Waals surface area contributed by atoms with Crippen molar-refractivity contribution in [2.75, 3.05) is 20.2 Å². The fourth-order valence-corrected chi connectivity index (χ4v) is 1.84. The van der Waals surface area contributed by atoms with Gasteiger partial charge in [0.25, 0.3) is 0 Å². The van der Waals surface area contributed by atoms with E-state index in [1.165, 1.54) is 12.0 Å². The molecule has 1 rings (SSSR count). The first-order valence-corrected chi connectivity index (χ1v) is 5.79. The first-order chi connectivity index (χ1) is 8.28. The number of hydrogen-bond acceptors (Lipinski definition) is 5. The minimum atomic E-state index is -0.600. The topological polar surface area (TPSA) is 72.9 Å². The molecule has 0 aromatic carbocycles. The summed E-state index contributed by atoms with van der Waals surface area (Å²) in [5.41, 5.74) is -0.600. The van der Waals surface area contributed by atoms with Crippen molar-refractivity contribution in [1.29, 1.82) is 0 Å². The maximum Gasteiger partial charge on any atom is 0.410 e. The lowest BCUT2D eigenvalue weighted by atomic mass is 9.98. The highest BCUT2D eigenvalue weighted by molar-refractivity contribution is 5.80. The molecule has 0 N–H and O–H groups in total. The second-order valence-electron chi connectivity index (χ2n) is 5.31. The van der Waals surface area contributed by atoms with E-state index in [9.17, 15) is 14.4 Å². The summed E-state index contributed by atoms with van der Waals surface area (Å²) in [7, 11) is 1.26. The molecule has 1 aliphatic rings. The monoisotopic (exact) mass is 257 g/mol. The van der Waals surface area contributed by atoms with Crippen LogP contribution < -0.4 is 0 Å². The molecular weight excluding hydrogens is 238 g/mol. The molecule has 0 radical (unpaired) electrons. The average molecular weight is 257 g/mol. The summed E-state index contributed by atoms with van der Waals surface area (Å²) in [6.07, 6.45) is 0.173. The number of hydrogen-bond donors (Lipinski definition) is 0. The van der Waals surface area contributed by atoms with Crippen LogP contribution in [0.4, 0.5) is 4.79 Å². The third-order valence-corrected chi connectivity index (χ3v) is 2.70. The van der Waals surface area contributed by atoms with Crippen molar-refractivity contribution in [3.8, 4) is 0 Å². The van der Waals surface area contributed by atoms with Crippen molar-refractivity contribution >= 4 is 18.3 Å². The fourth-order valence-electron chi connectivity index (χ4n) is 1.84. The molecule has 0 aromatic heterocycles. The molecule has 1 aliphatic heterocycles. The maximum atomic E-state index is 11.8. The lowest BCUT2D eigenvalue weighted by molar-refractivity contribution is -0.147. The quantitative estimate of drug-likeness (QED) is 0.541. The van der Waals surface area contributed by atoms with Crippen LogP contribution in [0.1, 0.15) is 20.8 Å². The van der Waals surface area contributed by atoms with Crippen LogP contribution >= 0.6 is 0 Å². The molecule has 102 valence electrons. The molecule has 0 aromatic rings. The smallest absolute Gasteiger partial charge is 0.410 e. The Balaban J connectivity index is 2.69. The van der Waals surface area contributed by atoms with E-state index in [0.29, 0.717) is 6.29 Å². The van der Waals surface area contributed by atoms with Gasteiger partial charge >= 0.3 is 12.1 Å². The van der Waals surface area contributed by atoms with E-state index < -0.39 is 29.5 Å². The van der Waals surface area contributed by atoms with E-state index in [1.54, 1.807) is 20.8 Å². The van der Waals surface area contributed by atoms with Crippen LogP contribution in [-0.2, 0) is 19.1 Å². The summed E-state index contributed by atoms with van der Waals surface area (Å²) in [6, 6.07) is 0. The largest absolute Gasteiger partial charge is 0.469 e. The molecule has 1 fully saturated rings. The Kier molecular flexibility index (Phi) is 4.32. The third-order valence-electron chi connectivity index (χ3n) is 2.70. The highest BCUT2D eigenvalue weighted by Gasteiger charge is 2.41. The van der Waals surface area contributed by atoms with Crippen molar-refractivity contribution in [3.05, 3.63) is 0 Å². The van der Waals surface area contributed by atoms with Gasteiger partial charge in [-0.05, 0) is 20.8 Å². The Bertz CT molecular complexity index is 347. The predicted octanol–water partition coefficient (Wildman–Crippen LogP) is 0.841. The van der Waals surface area contributed by atoms with E-state index >= 15 is 0 Å². The number of ether oxygens (including phenoxy) is 2. The second kappa shape index (κ2) is 5.37. The van der Waals surface area contributed by atoms with Gasteiger partial charge in [0.15, 0.2) is 0 Å².